The number of ether oxygens (including phenoxy) is 1. The lowest BCUT2D eigenvalue weighted by atomic mass is 10.0. The fourth-order valence-corrected chi connectivity index (χ4v) is 6.71. The van der Waals surface area contributed by atoms with E-state index in [1.807, 2.05) is 24.5 Å². The zero-order valence-corrected chi connectivity index (χ0v) is 21.1. The first-order valence-corrected chi connectivity index (χ1v) is 13.4. The molecule has 7 nitrogen and oxygen atoms in total. The number of nitrogens with zero attached hydrogens (tertiary/aromatic N) is 6. The van der Waals surface area contributed by atoms with Gasteiger partial charge in [-0.3, -0.25) is 19.5 Å². The summed E-state index contributed by atoms with van der Waals surface area (Å²) < 4.78 is 10.1. The molecule has 3 fully saturated rings. The van der Waals surface area contributed by atoms with Crippen molar-refractivity contribution < 1.29 is 4.74 Å². The van der Waals surface area contributed by atoms with Gasteiger partial charge in [0.15, 0.2) is 0 Å². The first-order valence-electron chi connectivity index (χ1n) is 13.4. The van der Waals surface area contributed by atoms with E-state index in [0.29, 0.717) is 12.0 Å². The Morgan fingerprint density at radius 2 is 1.86 bits per heavy atom. The minimum Gasteiger partial charge on any atom is -0.379 e. The maximum atomic E-state index is 5.57. The molecule has 7 heteroatoms. The monoisotopic (exact) mass is 482 g/mol. The van der Waals surface area contributed by atoms with Crippen LogP contribution in [0.1, 0.15) is 50.0 Å². The predicted molar refractivity (Wildman–Crippen MR) is 140 cm³/mol. The minimum atomic E-state index is 0.342. The van der Waals surface area contributed by atoms with Crippen LogP contribution in [0, 0.1) is 11.8 Å². The molecule has 0 spiro atoms. The predicted octanol–water partition coefficient (Wildman–Crippen LogP) is 4.75. The lowest BCUT2D eigenvalue weighted by Gasteiger charge is -2.33. The number of aromatic nitrogens is 5. The maximum Gasteiger partial charge on any atom is 0.0942 e. The molecule has 4 atom stereocenters. The Kier molecular flexibility index (Phi) is 5.44. The van der Waals surface area contributed by atoms with E-state index < -0.39 is 0 Å². The van der Waals surface area contributed by atoms with Crippen molar-refractivity contribution >= 4 is 11.0 Å². The summed E-state index contributed by atoms with van der Waals surface area (Å²) in [5.74, 6) is 2.25. The Bertz CT molecular complexity index is 1360. The highest BCUT2D eigenvalue weighted by Gasteiger charge is 2.58. The highest BCUT2D eigenvalue weighted by molar-refractivity contribution is 5.80. The molecule has 0 aromatic carbocycles. The van der Waals surface area contributed by atoms with E-state index in [4.69, 9.17) is 14.8 Å². The molecule has 2 aliphatic carbocycles. The lowest BCUT2D eigenvalue weighted by molar-refractivity contribution is 0.0151. The fraction of sp³-hybridized carbons (Fsp3) is 0.483. The second-order valence-corrected chi connectivity index (χ2v) is 11.0. The molecule has 36 heavy (non-hydrogen) atoms. The number of hydrogen-bond donors (Lipinski definition) is 0. The molecule has 2 saturated carbocycles. The summed E-state index contributed by atoms with van der Waals surface area (Å²) in [5, 5.41) is 5.11. The average molecular weight is 483 g/mol. The third-order valence-electron chi connectivity index (χ3n) is 8.55. The van der Waals surface area contributed by atoms with Gasteiger partial charge in [-0.15, -0.1) is 0 Å². The standard InChI is InChI=1S/C29H34N6O/c1-19(2)35-28(29-23-14-22(15-24(23)29)33-9-11-36-12-10-33)16-26(32-35)20-13-27-25(31-17-20)6-8-34(27)18-21-5-3-4-7-30-21/h3-8,13,16-17,19,22-24,29H,9-12,14-15,18H2,1-2H3/t22?,23-,24+,29+. The van der Waals surface area contributed by atoms with Crippen molar-refractivity contribution in [2.75, 3.05) is 26.3 Å². The molecule has 1 unspecified atom stereocenters. The first-order chi connectivity index (χ1) is 17.7. The zero-order valence-electron chi connectivity index (χ0n) is 21.1. The Hall–Kier alpha value is -3.03. The Morgan fingerprint density at radius 3 is 2.61 bits per heavy atom. The van der Waals surface area contributed by atoms with Crippen LogP contribution in [-0.2, 0) is 11.3 Å². The smallest absolute Gasteiger partial charge is 0.0942 e. The molecule has 0 radical (unpaired) electrons. The summed E-state index contributed by atoms with van der Waals surface area (Å²) in [4.78, 5) is 11.9. The average Bonchev–Trinajstić information content (AvgIpc) is 3.32. The zero-order chi connectivity index (χ0) is 24.2. The van der Waals surface area contributed by atoms with Gasteiger partial charge in [-0.1, -0.05) is 6.07 Å². The fourth-order valence-electron chi connectivity index (χ4n) is 6.71. The molecule has 0 bridgehead atoms. The second-order valence-electron chi connectivity index (χ2n) is 11.0. The van der Waals surface area contributed by atoms with Crippen molar-refractivity contribution in [1.29, 1.82) is 0 Å². The largest absolute Gasteiger partial charge is 0.379 e. The van der Waals surface area contributed by atoms with Crippen molar-refractivity contribution in [3.05, 3.63) is 66.4 Å². The van der Waals surface area contributed by atoms with E-state index in [0.717, 1.165) is 78.7 Å². The Morgan fingerprint density at radius 1 is 1.03 bits per heavy atom. The molecular weight excluding hydrogens is 448 g/mol. The van der Waals surface area contributed by atoms with Crippen LogP contribution in [0.2, 0.25) is 0 Å². The minimum absolute atomic E-state index is 0.342. The molecule has 4 aromatic rings. The van der Waals surface area contributed by atoms with Crippen LogP contribution >= 0.6 is 0 Å². The number of hydrogen-bond acceptors (Lipinski definition) is 5. The van der Waals surface area contributed by atoms with Crippen molar-refractivity contribution in [3.8, 4) is 11.3 Å². The molecule has 7 rings (SSSR count). The molecule has 5 heterocycles. The molecular formula is C29H34N6O. The van der Waals surface area contributed by atoms with Crippen LogP contribution in [0.15, 0.2) is 55.0 Å². The van der Waals surface area contributed by atoms with Crippen molar-refractivity contribution in [2.24, 2.45) is 11.8 Å². The van der Waals surface area contributed by atoms with Gasteiger partial charge in [0.25, 0.3) is 0 Å². The quantitative estimate of drug-likeness (QED) is 0.397. The lowest BCUT2D eigenvalue weighted by Crippen LogP contribution is -2.43. The highest BCUT2D eigenvalue weighted by Crippen LogP contribution is 2.64. The van der Waals surface area contributed by atoms with E-state index in [2.05, 4.69) is 63.4 Å². The van der Waals surface area contributed by atoms with Gasteiger partial charge in [0.05, 0.1) is 42.2 Å². The number of rotatable bonds is 6. The first kappa shape index (κ1) is 22.2. The SMILES string of the molecule is CC(C)n1nc(-c2cnc3ccn(Cc4ccccn4)c3c2)cc1[C@H]1[C@@H]2CC(N3CCOCC3)C[C@@H]21. The molecule has 0 amide bonds. The second kappa shape index (κ2) is 8.82. The number of pyridine rings is 2. The van der Waals surface area contributed by atoms with E-state index in [9.17, 15) is 0 Å². The van der Waals surface area contributed by atoms with Gasteiger partial charge in [0.1, 0.15) is 0 Å². The summed E-state index contributed by atoms with van der Waals surface area (Å²) in [5.41, 5.74) is 6.70. The number of fused-ring (bicyclic) bond motifs is 2. The summed E-state index contributed by atoms with van der Waals surface area (Å²) in [6.45, 7) is 9.20. The third-order valence-corrected chi connectivity index (χ3v) is 8.55. The molecule has 1 aliphatic heterocycles. The number of morpholine rings is 1. The van der Waals surface area contributed by atoms with Crippen LogP contribution in [-0.4, -0.2) is 61.6 Å². The Labute approximate surface area is 212 Å². The summed E-state index contributed by atoms with van der Waals surface area (Å²) in [6.07, 6.45) is 8.57. The van der Waals surface area contributed by atoms with E-state index in [1.54, 1.807) is 0 Å². The van der Waals surface area contributed by atoms with Gasteiger partial charge < -0.3 is 9.30 Å². The van der Waals surface area contributed by atoms with Gasteiger partial charge >= 0.3 is 0 Å². The van der Waals surface area contributed by atoms with E-state index >= 15 is 0 Å². The van der Waals surface area contributed by atoms with Gasteiger partial charge in [0, 0.05) is 60.9 Å². The van der Waals surface area contributed by atoms with Crippen LogP contribution in [0.3, 0.4) is 0 Å². The van der Waals surface area contributed by atoms with Crippen LogP contribution in [0.5, 0.6) is 0 Å². The van der Waals surface area contributed by atoms with E-state index in [-0.39, 0.29) is 0 Å². The highest BCUT2D eigenvalue weighted by atomic mass is 16.5. The van der Waals surface area contributed by atoms with Gasteiger partial charge in [0.2, 0.25) is 0 Å². The van der Waals surface area contributed by atoms with Gasteiger partial charge in [-0.25, -0.2) is 0 Å². The maximum absolute atomic E-state index is 5.57. The molecule has 3 aliphatic rings. The van der Waals surface area contributed by atoms with Gasteiger partial charge in [-0.05, 0) is 68.9 Å². The van der Waals surface area contributed by atoms with Crippen molar-refractivity contribution in [2.45, 2.75) is 51.2 Å². The summed E-state index contributed by atoms with van der Waals surface area (Å²) in [7, 11) is 0. The van der Waals surface area contributed by atoms with Crippen LogP contribution < -0.4 is 0 Å². The topological polar surface area (TPSA) is 61.0 Å². The summed E-state index contributed by atoms with van der Waals surface area (Å²) >= 11 is 0. The van der Waals surface area contributed by atoms with Crippen LogP contribution in [0.25, 0.3) is 22.3 Å². The molecule has 4 aromatic heterocycles. The molecule has 186 valence electrons. The van der Waals surface area contributed by atoms with E-state index in [1.165, 1.54) is 18.5 Å². The van der Waals surface area contributed by atoms with Crippen molar-refractivity contribution in [3.63, 3.8) is 0 Å². The van der Waals surface area contributed by atoms with Gasteiger partial charge in [-0.2, -0.15) is 5.10 Å². The molecule has 1 saturated heterocycles. The Balaban J connectivity index is 1.15. The molecule has 0 N–H and O–H groups in total. The van der Waals surface area contributed by atoms with Crippen LogP contribution in [0.4, 0.5) is 0 Å². The van der Waals surface area contributed by atoms with Crippen molar-refractivity contribution in [1.82, 2.24) is 29.2 Å². The summed E-state index contributed by atoms with van der Waals surface area (Å²) in [6, 6.07) is 13.8. The third kappa shape index (κ3) is 3.85. The normalized spacial score (nSPS) is 26.1.